The number of hydrogen-bond donors (Lipinski definition) is 1. The Hall–Kier alpha value is -0.990. The first kappa shape index (κ1) is 16.4. The molecule has 21 heavy (non-hydrogen) atoms. The third kappa shape index (κ3) is 3.27. The maximum absolute atomic E-state index is 12.8. The van der Waals surface area contributed by atoms with Crippen molar-refractivity contribution < 1.29 is 13.2 Å². The minimum atomic E-state index is -3.54. The third-order valence-corrected chi connectivity index (χ3v) is 6.60. The SMILES string of the molecule is COCCCN(C)S(=O)(=O)c1c(CN)sc2ccccc12. The first-order chi connectivity index (χ1) is 10.0. The Labute approximate surface area is 129 Å². The molecule has 0 aliphatic rings. The van der Waals surface area contributed by atoms with Crippen LogP contribution in [-0.4, -0.2) is 40.0 Å². The van der Waals surface area contributed by atoms with Crippen molar-refractivity contribution in [3.8, 4) is 0 Å². The van der Waals surface area contributed by atoms with Crippen molar-refractivity contribution in [3.63, 3.8) is 0 Å². The smallest absolute Gasteiger partial charge is 0.244 e. The van der Waals surface area contributed by atoms with Gasteiger partial charge in [-0.1, -0.05) is 18.2 Å². The average Bonchev–Trinajstić information content (AvgIpc) is 2.86. The normalized spacial score (nSPS) is 12.4. The van der Waals surface area contributed by atoms with Crippen LogP contribution in [0.1, 0.15) is 11.3 Å². The number of nitrogens with zero attached hydrogens (tertiary/aromatic N) is 1. The highest BCUT2D eigenvalue weighted by Gasteiger charge is 2.27. The van der Waals surface area contributed by atoms with Gasteiger partial charge < -0.3 is 10.5 Å². The van der Waals surface area contributed by atoms with E-state index in [1.54, 1.807) is 14.2 Å². The van der Waals surface area contributed by atoms with Crippen LogP contribution in [0.15, 0.2) is 29.2 Å². The Kier molecular flexibility index (Phi) is 5.34. The van der Waals surface area contributed by atoms with Crippen LogP contribution in [0.4, 0.5) is 0 Å². The van der Waals surface area contributed by atoms with E-state index in [0.29, 0.717) is 29.3 Å². The number of benzene rings is 1. The number of sulfonamides is 1. The molecule has 0 amide bonds. The fraction of sp³-hybridized carbons (Fsp3) is 0.429. The Morgan fingerprint density at radius 1 is 1.33 bits per heavy atom. The lowest BCUT2D eigenvalue weighted by molar-refractivity contribution is 0.189. The third-order valence-electron chi connectivity index (χ3n) is 3.29. The summed E-state index contributed by atoms with van der Waals surface area (Å²) in [6, 6.07) is 7.50. The fourth-order valence-corrected chi connectivity index (χ4v) is 5.19. The Balaban J connectivity index is 2.43. The first-order valence-corrected chi connectivity index (χ1v) is 8.93. The molecule has 0 unspecified atom stereocenters. The molecule has 1 aromatic carbocycles. The highest BCUT2D eigenvalue weighted by Crippen LogP contribution is 2.35. The Morgan fingerprint density at radius 2 is 2.05 bits per heavy atom. The molecular weight excluding hydrogens is 308 g/mol. The van der Waals surface area contributed by atoms with Gasteiger partial charge in [-0.25, -0.2) is 12.7 Å². The molecule has 0 radical (unpaired) electrons. The number of fused-ring (bicyclic) bond motifs is 1. The topological polar surface area (TPSA) is 72.6 Å². The lowest BCUT2D eigenvalue weighted by Gasteiger charge is -2.17. The molecule has 0 aliphatic carbocycles. The molecule has 2 N–H and O–H groups in total. The molecule has 2 aromatic rings. The number of ether oxygens (including phenoxy) is 1. The van der Waals surface area contributed by atoms with E-state index in [9.17, 15) is 8.42 Å². The standard InChI is InChI=1S/C14H20N2O3S2/c1-16(8-5-9-19-2)21(17,18)14-11-6-3-4-7-12(11)20-13(14)10-15/h3-4,6-7H,5,8-10,15H2,1-2H3. The summed E-state index contributed by atoms with van der Waals surface area (Å²) < 4.78 is 32.9. The van der Waals surface area contributed by atoms with Crippen molar-refractivity contribution in [2.24, 2.45) is 5.73 Å². The summed E-state index contributed by atoms with van der Waals surface area (Å²) >= 11 is 1.44. The van der Waals surface area contributed by atoms with E-state index in [0.717, 1.165) is 10.1 Å². The summed E-state index contributed by atoms with van der Waals surface area (Å²) in [4.78, 5) is 1.06. The molecular formula is C14H20N2O3S2. The molecule has 7 heteroatoms. The lowest BCUT2D eigenvalue weighted by Crippen LogP contribution is -2.29. The van der Waals surface area contributed by atoms with Crippen LogP contribution < -0.4 is 5.73 Å². The van der Waals surface area contributed by atoms with Crippen LogP contribution in [0.2, 0.25) is 0 Å². The largest absolute Gasteiger partial charge is 0.385 e. The number of methoxy groups -OCH3 is 1. The highest BCUT2D eigenvalue weighted by molar-refractivity contribution is 7.89. The minimum Gasteiger partial charge on any atom is -0.385 e. The molecule has 0 saturated carbocycles. The van der Waals surface area contributed by atoms with E-state index in [4.69, 9.17) is 10.5 Å². The molecule has 0 fully saturated rings. The summed E-state index contributed by atoms with van der Waals surface area (Å²) in [5.41, 5.74) is 5.74. The average molecular weight is 328 g/mol. The van der Waals surface area contributed by atoms with Gasteiger partial charge in [0.15, 0.2) is 0 Å². The van der Waals surface area contributed by atoms with Gasteiger partial charge in [0.05, 0.1) is 0 Å². The lowest BCUT2D eigenvalue weighted by atomic mass is 10.2. The van der Waals surface area contributed by atoms with Gasteiger partial charge >= 0.3 is 0 Å². The van der Waals surface area contributed by atoms with Crippen molar-refractivity contribution in [1.82, 2.24) is 4.31 Å². The van der Waals surface area contributed by atoms with Crippen LogP contribution in [0.25, 0.3) is 10.1 Å². The van der Waals surface area contributed by atoms with Gasteiger partial charge in [-0.2, -0.15) is 0 Å². The fourth-order valence-electron chi connectivity index (χ4n) is 2.20. The van der Waals surface area contributed by atoms with E-state index >= 15 is 0 Å². The monoisotopic (exact) mass is 328 g/mol. The highest BCUT2D eigenvalue weighted by atomic mass is 32.2. The molecule has 1 aromatic heterocycles. The van der Waals surface area contributed by atoms with Gasteiger partial charge in [0.2, 0.25) is 10.0 Å². The summed E-state index contributed by atoms with van der Waals surface area (Å²) in [5.74, 6) is 0. The van der Waals surface area contributed by atoms with Crippen molar-refractivity contribution in [2.45, 2.75) is 17.9 Å². The summed E-state index contributed by atoms with van der Waals surface area (Å²) in [5, 5.41) is 0.751. The molecule has 0 spiro atoms. The first-order valence-electron chi connectivity index (χ1n) is 6.68. The van der Waals surface area contributed by atoms with Gasteiger partial charge in [0.25, 0.3) is 0 Å². The van der Waals surface area contributed by atoms with Gasteiger partial charge in [-0.05, 0) is 12.5 Å². The van der Waals surface area contributed by atoms with E-state index in [1.165, 1.54) is 15.6 Å². The number of hydrogen-bond acceptors (Lipinski definition) is 5. The zero-order chi connectivity index (χ0) is 15.5. The number of nitrogens with two attached hydrogens (primary N) is 1. The van der Waals surface area contributed by atoms with E-state index in [2.05, 4.69) is 0 Å². The van der Waals surface area contributed by atoms with Crippen molar-refractivity contribution in [3.05, 3.63) is 29.1 Å². The second-order valence-electron chi connectivity index (χ2n) is 4.73. The Bertz CT molecular complexity index is 710. The molecule has 0 bridgehead atoms. The molecule has 116 valence electrons. The zero-order valence-corrected chi connectivity index (χ0v) is 13.8. The summed E-state index contributed by atoms with van der Waals surface area (Å²) in [6.45, 7) is 1.18. The maximum Gasteiger partial charge on any atom is 0.244 e. The quantitative estimate of drug-likeness (QED) is 0.789. The Morgan fingerprint density at radius 3 is 2.71 bits per heavy atom. The van der Waals surface area contributed by atoms with Crippen LogP contribution in [0.5, 0.6) is 0 Å². The van der Waals surface area contributed by atoms with E-state index < -0.39 is 10.0 Å². The van der Waals surface area contributed by atoms with Crippen LogP contribution in [0.3, 0.4) is 0 Å². The second kappa shape index (κ2) is 6.85. The van der Waals surface area contributed by atoms with E-state index in [1.807, 2.05) is 24.3 Å². The van der Waals surface area contributed by atoms with Crippen molar-refractivity contribution >= 4 is 31.4 Å². The van der Waals surface area contributed by atoms with Crippen LogP contribution in [-0.2, 0) is 21.3 Å². The van der Waals surface area contributed by atoms with E-state index in [-0.39, 0.29) is 6.54 Å². The van der Waals surface area contributed by atoms with Crippen molar-refractivity contribution in [1.29, 1.82) is 0 Å². The molecule has 0 aliphatic heterocycles. The predicted octanol–water partition coefficient (Wildman–Crippen LogP) is 2.02. The molecule has 5 nitrogen and oxygen atoms in total. The number of thiophene rings is 1. The maximum atomic E-state index is 12.8. The van der Waals surface area contributed by atoms with Gasteiger partial charge in [0.1, 0.15) is 4.90 Å². The predicted molar refractivity (Wildman–Crippen MR) is 86.0 cm³/mol. The molecule has 2 rings (SSSR count). The van der Waals surface area contributed by atoms with Crippen LogP contribution >= 0.6 is 11.3 Å². The molecule has 0 saturated heterocycles. The minimum absolute atomic E-state index is 0.222. The van der Waals surface area contributed by atoms with Crippen LogP contribution in [0, 0.1) is 0 Å². The zero-order valence-electron chi connectivity index (χ0n) is 12.2. The summed E-state index contributed by atoms with van der Waals surface area (Å²) in [7, 11) is -0.338. The summed E-state index contributed by atoms with van der Waals surface area (Å²) in [6.07, 6.45) is 0.659. The van der Waals surface area contributed by atoms with Crippen molar-refractivity contribution in [2.75, 3.05) is 27.3 Å². The van der Waals surface area contributed by atoms with Gasteiger partial charge in [0, 0.05) is 48.8 Å². The number of rotatable bonds is 7. The molecule has 0 atom stereocenters. The second-order valence-corrected chi connectivity index (χ2v) is 7.85. The van der Waals surface area contributed by atoms with Gasteiger partial charge in [-0.3, -0.25) is 0 Å². The van der Waals surface area contributed by atoms with Gasteiger partial charge in [-0.15, -0.1) is 11.3 Å². The molecule has 1 heterocycles.